The second kappa shape index (κ2) is 7.66. The van der Waals surface area contributed by atoms with Crippen LogP contribution < -0.4 is 0 Å². The van der Waals surface area contributed by atoms with Gasteiger partial charge >= 0.3 is 0 Å². The molecule has 0 N–H and O–H groups in total. The van der Waals surface area contributed by atoms with E-state index in [0.29, 0.717) is 0 Å². The fourth-order valence-corrected chi connectivity index (χ4v) is 6.69. The van der Waals surface area contributed by atoms with Crippen molar-refractivity contribution in [1.82, 2.24) is 9.55 Å². The van der Waals surface area contributed by atoms with Crippen molar-refractivity contribution in [3.05, 3.63) is 134 Å². The number of rotatable bonds is 2. The van der Waals surface area contributed by atoms with E-state index in [2.05, 4.69) is 131 Å². The summed E-state index contributed by atoms with van der Waals surface area (Å²) in [5.41, 5.74) is 12.4. The Labute approximate surface area is 225 Å². The first-order chi connectivity index (χ1) is 19.3. The molecule has 0 aliphatic heterocycles. The van der Waals surface area contributed by atoms with E-state index in [0.717, 1.165) is 16.6 Å². The molecule has 2 aromatic heterocycles. The van der Waals surface area contributed by atoms with Crippen molar-refractivity contribution in [3.63, 3.8) is 0 Å². The van der Waals surface area contributed by atoms with Gasteiger partial charge in [-0.25, -0.2) is 0 Å². The highest BCUT2D eigenvalue weighted by Gasteiger charge is 2.22. The zero-order chi connectivity index (χ0) is 25.5. The van der Waals surface area contributed by atoms with Crippen molar-refractivity contribution in [2.24, 2.45) is 0 Å². The first-order valence-corrected chi connectivity index (χ1v) is 13.4. The summed E-state index contributed by atoms with van der Waals surface area (Å²) in [6, 6.07) is 46.4. The van der Waals surface area contributed by atoms with Crippen LogP contribution in [0.1, 0.15) is 0 Å². The first-order valence-electron chi connectivity index (χ1n) is 13.4. The third-order valence-electron chi connectivity index (χ3n) is 8.36. The van der Waals surface area contributed by atoms with E-state index in [4.69, 9.17) is 0 Å². The van der Waals surface area contributed by atoms with Crippen LogP contribution in [0.4, 0.5) is 0 Å². The Morgan fingerprint density at radius 3 is 2.13 bits per heavy atom. The van der Waals surface area contributed by atoms with Crippen LogP contribution in [0.2, 0.25) is 0 Å². The normalized spacial score (nSPS) is 12.1. The maximum Gasteiger partial charge on any atom is 0.0709 e. The summed E-state index contributed by atoms with van der Waals surface area (Å²) in [5.74, 6) is 0. The van der Waals surface area contributed by atoms with Gasteiger partial charge in [0.15, 0.2) is 0 Å². The van der Waals surface area contributed by atoms with Crippen LogP contribution in [0, 0.1) is 0 Å². The summed E-state index contributed by atoms with van der Waals surface area (Å²) in [6.45, 7) is 0. The molecule has 0 bridgehead atoms. The fraction of sp³-hybridized carbons (Fsp3) is 0. The Morgan fingerprint density at radius 2 is 1.21 bits per heavy atom. The highest BCUT2D eigenvalue weighted by molar-refractivity contribution is 6.19. The predicted octanol–water partition coefficient (Wildman–Crippen LogP) is 9.80. The quantitative estimate of drug-likeness (QED) is 0.234. The molecular formula is C37H22N2. The van der Waals surface area contributed by atoms with Gasteiger partial charge in [-0.05, 0) is 80.6 Å². The molecule has 0 spiro atoms. The van der Waals surface area contributed by atoms with Crippen LogP contribution in [-0.4, -0.2) is 9.55 Å². The molecule has 180 valence electrons. The highest BCUT2D eigenvalue weighted by atomic mass is 15.0. The minimum Gasteiger partial charge on any atom is -0.309 e. The summed E-state index contributed by atoms with van der Waals surface area (Å²) in [6.07, 6.45) is 1.87. The molecule has 0 radical (unpaired) electrons. The van der Waals surface area contributed by atoms with Gasteiger partial charge in [-0.1, -0.05) is 91.0 Å². The predicted molar refractivity (Wildman–Crippen MR) is 163 cm³/mol. The summed E-state index contributed by atoms with van der Waals surface area (Å²) in [4.78, 5) is 4.63. The Bertz CT molecular complexity index is 2260. The molecule has 0 fully saturated rings. The summed E-state index contributed by atoms with van der Waals surface area (Å²) < 4.78 is 2.40. The van der Waals surface area contributed by atoms with Gasteiger partial charge in [-0.2, -0.15) is 0 Å². The molecule has 0 unspecified atom stereocenters. The molecule has 0 amide bonds. The lowest BCUT2D eigenvalue weighted by atomic mass is 9.94. The average molecular weight is 495 g/mol. The molecule has 0 saturated heterocycles. The van der Waals surface area contributed by atoms with Gasteiger partial charge in [-0.15, -0.1) is 0 Å². The molecule has 2 heterocycles. The highest BCUT2D eigenvalue weighted by Crippen LogP contribution is 2.49. The zero-order valence-corrected chi connectivity index (χ0v) is 21.1. The molecule has 8 aromatic rings. The number of aromatic nitrogens is 2. The number of benzene rings is 6. The Hall–Kier alpha value is -5.21. The van der Waals surface area contributed by atoms with E-state index in [1.165, 1.54) is 66.0 Å². The number of para-hydroxylation sites is 1. The van der Waals surface area contributed by atoms with E-state index in [1.54, 1.807) is 0 Å². The Balaban J connectivity index is 1.30. The lowest BCUT2D eigenvalue weighted by Crippen LogP contribution is -1.94. The summed E-state index contributed by atoms with van der Waals surface area (Å²) in [7, 11) is 0. The van der Waals surface area contributed by atoms with Crippen molar-refractivity contribution >= 4 is 43.5 Å². The van der Waals surface area contributed by atoms with E-state index in [-0.39, 0.29) is 0 Å². The van der Waals surface area contributed by atoms with Crippen molar-refractivity contribution in [3.8, 4) is 39.1 Å². The van der Waals surface area contributed by atoms with Crippen LogP contribution in [0.25, 0.3) is 82.5 Å². The van der Waals surface area contributed by atoms with Crippen LogP contribution in [0.15, 0.2) is 134 Å². The molecule has 1 aliphatic rings. The summed E-state index contributed by atoms with van der Waals surface area (Å²) in [5, 5.41) is 6.28. The third kappa shape index (κ3) is 2.83. The average Bonchev–Trinajstić information content (AvgIpc) is 3.50. The smallest absolute Gasteiger partial charge is 0.0709 e. The molecule has 1 aliphatic carbocycles. The van der Waals surface area contributed by atoms with E-state index < -0.39 is 0 Å². The first kappa shape index (κ1) is 20.8. The SMILES string of the molecule is c1cc(-c2ccc3c4c(cccc24)-c2ccccc2-3)cc(-n2c3ccccc3c3cc4ncccc4cc32)c1. The third-order valence-corrected chi connectivity index (χ3v) is 8.36. The van der Waals surface area contributed by atoms with Gasteiger partial charge in [0.05, 0.1) is 16.6 Å². The second-order valence-electron chi connectivity index (χ2n) is 10.4. The fourth-order valence-electron chi connectivity index (χ4n) is 6.69. The zero-order valence-electron chi connectivity index (χ0n) is 21.1. The number of fused-ring (bicyclic) bond motifs is 7. The number of pyridine rings is 1. The van der Waals surface area contributed by atoms with Gasteiger partial charge in [0.25, 0.3) is 0 Å². The molecule has 0 saturated carbocycles. The number of nitrogens with zero attached hydrogens (tertiary/aromatic N) is 2. The van der Waals surface area contributed by atoms with Crippen molar-refractivity contribution in [1.29, 1.82) is 0 Å². The molecule has 0 atom stereocenters. The lowest BCUT2D eigenvalue weighted by Gasteiger charge is -2.13. The van der Waals surface area contributed by atoms with Crippen molar-refractivity contribution in [2.75, 3.05) is 0 Å². The molecule has 2 nitrogen and oxygen atoms in total. The number of hydrogen-bond acceptors (Lipinski definition) is 1. The van der Waals surface area contributed by atoms with E-state index >= 15 is 0 Å². The van der Waals surface area contributed by atoms with Crippen LogP contribution in [0.5, 0.6) is 0 Å². The molecule has 39 heavy (non-hydrogen) atoms. The topological polar surface area (TPSA) is 17.8 Å². The van der Waals surface area contributed by atoms with E-state index in [9.17, 15) is 0 Å². The second-order valence-corrected chi connectivity index (χ2v) is 10.4. The monoisotopic (exact) mass is 494 g/mol. The van der Waals surface area contributed by atoms with Crippen LogP contribution in [0.3, 0.4) is 0 Å². The molecule has 2 heteroatoms. The van der Waals surface area contributed by atoms with Gasteiger partial charge in [0, 0.05) is 28.0 Å². The molecule has 6 aromatic carbocycles. The van der Waals surface area contributed by atoms with Crippen molar-refractivity contribution in [2.45, 2.75) is 0 Å². The Morgan fingerprint density at radius 1 is 0.462 bits per heavy atom. The van der Waals surface area contributed by atoms with Gasteiger partial charge < -0.3 is 4.57 Å². The minimum absolute atomic E-state index is 1.02. The van der Waals surface area contributed by atoms with E-state index in [1.807, 2.05) is 12.3 Å². The maximum absolute atomic E-state index is 4.63. The standard InChI is InChI=1S/C37H22N2/c1-2-12-28-27(11-1)31-15-6-14-30-26(17-18-32(28)37(30)31)23-8-5-10-25(20-23)39-35-16-4-3-13-29(35)33-22-34-24(21-36(33)39)9-7-19-38-34/h1-22H. The molecular weight excluding hydrogens is 472 g/mol. The van der Waals surface area contributed by atoms with Gasteiger partial charge in [0.2, 0.25) is 0 Å². The minimum atomic E-state index is 1.02. The van der Waals surface area contributed by atoms with Gasteiger partial charge in [0.1, 0.15) is 0 Å². The largest absolute Gasteiger partial charge is 0.309 e. The van der Waals surface area contributed by atoms with Gasteiger partial charge in [-0.3, -0.25) is 4.98 Å². The lowest BCUT2D eigenvalue weighted by molar-refractivity contribution is 1.18. The van der Waals surface area contributed by atoms with Crippen LogP contribution >= 0.6 is 0 Å². The van der Waals surface area contributed by atoms with Crippen LogP contribution in [-0.2, 0) is 0 Å². The Kier molecular flexibility index (Phi) is 4.08. The maximum atomic E-state index is 4.63. The summed E-state index contributed by atoms with van der Waals surface area (Å²) >= 11 is 0. The van der Waals surface area contributed by atoms with Crippen molar-refractivity contribution < 1.29 is 0 Å². The molecule has 9 rings (SSSR count). The number of hydrogen-bond donors (Lipinski definition) is 0.